The van der Waals surface area contributed by atoms with E-state index in [1.54, 1.807) is 4.57 Å². The number of nitrogens with zero attached hydrogens (tertiary/aromatic N) is 6. The number of nitrogens with one attached hydrogen (secondary N) is 1. The Hall–Kier alpha value is -5.17. The zero-order chi connectivity index (χ0) is 39.4. The molecule has 2 aromatic carbocycles. The molecule has 18 nitrogen and oxygen atoms in total. The van der Waals surface area contributed by atoms with Crippen molar-refractivity contribution in [2.45, 2.75) is 96.0 Å². The van der Waals surface area contributed by atoms with Gasteiger partial charge in [-0.3, -0.25) is 0 Å². The van der Waals surface area contributed by atoms with Gasteiger partial charge in [0.05, 0.1) is 19.8 Å². The van der Waals surface area contributed by atoms with Gasteiger partial charge < -0.3 is 37.8 Å². The number of carbonyl (C=O) groups excluding carboxylic acids is 2. The lowest BCUT2D eigenvalue weighted by Gasteiger charge is -2.19. The van der Waals surface area contributed by atoms with E-state index in [0.717, 1.165) is 54.4 Å². The highest BCUT2D eigenvalue weighted by molar-refractivity contribution is 6.32. The maximum atomic E-state index is 13.6. The molecule has 6 rings (SSSR count). The quantitative estimate of drug-likeness (QED) is 0.0370. The second-order valence-corrected chi connectivity index (χ2v) is 13.7. The van der Waals surface area contributed by atoms with E-state index in [-0.39, 0.29) is 43.3 Å². The summed E-state index contributed by atoms with van der Waals surface area (Å²) in [5, 5.41) is 23.8. The molecule has 4 heterocycles. The minimum Gasteiger partial charge on any atom is -0.426 e. The lowest BCUT2D eigenvalue weighted by Crippen LogP contribution is -2.36. The molecule has 0 radical (unpaired) electrons. The molecule has 0 spiro atoms. The number of carbonyl (C=O) groups is 2. The number of unbranched alkanes of at least 4 members (excludes halogenated alkanes) is 4. The van der Waals surface area contributed by atoms with E-state index in [1.165, 1.54) is 6.92 Å². The Balaban J connectivity index is 1.01. The van der Waals surface area contributed by atoms with Crippen molar-refractivity contribution >= 4 is 23.7 Å². The third kappa shape index (κ3) is 10.4. The molecule has 56 heavy (non-hydrogen) atoms. The standard InChI is InChI=1S/C37H44ClN7O11/c1-3-4-13-30-39-34(38)31(44(30)20-24-14-16-25(17-15-24)26-11-7-8-12-27(26)35-40-42-43-41-35)36(46)54-23(2)55-37(47)56-29-22-52-32-28(21-51-33(29)32)50-18-9-5-6-10-19-53-45(48)49/h7-8,11-12,14-17,23,28-29,32-33H,3-6,9-10,13,18-22H2,1-2H3,(H,40,41,42,43)/t23?,28-,29+,32?,33?/m1/s1. The summed E-state index contributed by atoms with van der Waals surface area (Å²) in [5.41, 5.74) is 3.63. The fourth-order valence-electron chi connectivity index (χ4n) is 6.66. The summed E-state index contributed by atoms with van der Waals surface area (Å²) >= 11 is 6.55. The molecule has 0 saturated carbocycles. The molecule has 0 bridgehead atoms. The molecular weight excluding hydrogens is 754 g/mol. The van der Waals surface area contributed by atoms with Crippen LogP contribution in [0.4, 0.5) is 4.79 Å². The SMILES string of the molecule is CCCCc1nc(Cl)c(C(=O)OC(C)OC(=O)O[C@H]2COC3C2OC[C@H]3OCCCCCCO[N+](=O)[O-])n1Cc1ccc(-c2ccccc2-c2nn[nH]n2)cc1. The molecular formula is C37H44ClN7O11. The first-order chi connectivity index (χ1) is 27.2. The zero-order valence-electron chi connectivity index (χ0n) is 31.0. The van der Waals surface area contributed by atoms with Crippen LogP contribution in [-0.4, -0.2) is 105 Å². The van der Waals surface area contributed by atoms with E-state index in [9.17, 15) is 19.7 Å². The van der Waals surface area contributed by atoms with Gasteiger partial charge in [0.25, 0.3) is 5.09 Å². The number of aromatic nitrogens is 6. The van der Waals surface area contributed by atoms with Gasteiger partial charge in [-0.05, 0) is 41.2 Å². The Kier molecular flexibility index (Phi) is 14.2. The number of benzene rings is 2. The number of hydrogen-bond acceptors (Lipinski definition) is 15. The Morgan fingerprint density at radius 2 is 1.70 bits per heavy atom. The van der Waals surface area contributed by atoms with E-state index >= 15 is 0 Å². The molecule has 0 aliphatic carbocycles. The molecule has 3 unspecified atom stereocenters. The molecule has 5 atom stereocenters. The van der Waals surface area contributed by atoms with Crippen LogP contribution < -0.4 is 0 Å². The van der Waals surface area contributed by atoms with Gasteiger partial charge >= 0.3 is 12.1 Å². The average molecular weight is 798 g/mol. The molecule has 0 amide bonds. The van der Waals surface area contributed by atoms with Crippen LogP contribution in [0, 0.1) is 10.1 Å². The molecule has 19 heteroatoms. The van der Waals surface area contributed by atoms with Crippen molar-refractivity contribution in [1.82, 2.24) is 30.2 Å². The number of hydrogen-bond donors (Lipinski definition) is 1. The van der Waals surface area contributed by atoms with Gasteiger partial charge in [-0.2, -0.15) is 5.21 Å². The molecule has 2 aromatic heterocycles. The Bertz CT molecular complexity index is 1910. The van der Waals surface area contributed by atoms with Gasteiger partial charge in [-0.1, -0.05) is 86.3 Å². The summed E-state index contributed by atoms with van der Waals surface area (Å²) in [6.07, 6.45) is 0.831. The van der Waals surface area contributed by atoms with Crippen molar-refractivity contribution in [1.29, 1.82) is 0 Å². The summed E-state index contributed by atoms with van der Waals surface area (Å²) in [4.78, 5) is 45.4. The fourth-order valence-corrected chi connectivity index (χ4v) is 6.93. The number of aryl methyl sites for hydroxylation is 1. The van der Waals surface area contributed by atoms with Gasteiger partial charge in [-0.15, -0.1) is 20.3 Å². The number of H-pyrrole nitrogens is 1. The number of ether oxygens (including phenoxy) is 6. The first kappa shape index (κ1) is 40.5. The topological polar surface area (TPSA) is 214 Å². The summed E-state index contributed by atoms with van der Waals surface area (Å²) < 4.78 is 35.7. The monoisotopic (exact) mass is 797 g/mol. The summed E-state index contributed by atoms with van der Waals surface area (Å²) in [6.45, 7) is 4.62. The van der Waals surface area contributed by atoms with E-state index in [4.69, 9.17) is 40.0 Å². The van der Waals surface area contributed by atoms with E-state index < -0.39 is 41.8 Å². The number of tetrazole rings is 1. The molecule has 2 aliphatic rings. The maximum Gasteiger partial charge on any atom is 0.511 e. The Labute approximate surface area is 327 Å². The van der Waals surface area contributed by atoms with Gasteiger partial charge in [0.2, 0.25) is 12.1 Å². The molecule has 300 valence electrons. The lowest BCUT2D eigenvalue weighted by molar-refractivity contribution is -0.757. The minimum atomic E-state index is -1.32. The van der Waals surface area contributed by atoms with Crippen LogP contribution in [0.3, 0.4) is 0 Å². The number of aromatic amines is 1. The van der Waals surface area contributed by atoms with Crippen LogP contribution in [-0.2, 0) is 46.2 Å². The third-order valence-electron chi connectivity index (χ3n) is 9.38. The first-order valence-electron chi connectivity index (χ1n) is 18.6. The number of fused-ring (bicyclic) bond motifs is 1. The Morgan fingerprint density at radius 1 is 0.982 bits per heavy atom. The number of rotatable bonds is 20. The van der Waals surface area contributed by atoms with Gasteiger partial charge in [0.1, 0.15) is 24.1 Å². The molecule has 2 fully saturated rings. The number of esters is 1. The maximum absolute atomic E-state index is 13.6. The van der Waals surface area contributed by atoms with Gasteiger partial charge in [-0.25, -0.2) is 14.6 Å². The summed E-state index contributed by atoms with van der Waals surface area (Å²) in [6, 6.07) is 15.6. The van der Waals surface area contributed by atoms with Gasteiger partial charge in [0.15, 0.2) is 17.0 Å². The predicted octanol–water partition coefficient (Wildman–Crippen LogP) is 5.75. The van der Waals surface area contributed by atoms with E-state index in [2.05, 4.69) is 37.4 Å². The molecule has 1 N–H and O–H groups in total. The van der Waals surface area contributed by atoms with Crippen LogP contribution in [0.1, 0.15) is 74.2 Å². The van der Waals surface area contributed by atoms with Crippen LogP contribution in [0.5, 0.6) is 0 Å². The largest absolute Gasteiger partial charge is 0.511 e. The highest BCUT2D eigenvalue weighted by Crippen LogP contribution is 2.32. The number of imidazole rings is 1. The first-order valence-corrected chi connectivity index (χ1v) is 19.0. The third-order valence-corrected chi connectivity index (χ3v) is 9.65. The second kappa shape index (κ2) is 19.6. The van der Waals surface area contributed by atoms with Crippen molar-refractivity contribution in [3.63, 3.8) is 0 Å². The van der Waals surface area contributed by atoms with Crippen LogP contribution in [0.2, 0.25) is 5.15 Å². The molecule has 4 aromatic rings. The van der Waals surface area contributed by atoms with Crippen molar-refractivity contribution in [2.75, 3.05) is 26.4 Å². The van der Waals surface area contributed by atoms with E-state index in [0.29, 0.717) is 31.1 Å². The second-order valence-electron chi connectivity index (χ2n) is 13.3. The van der Waals surface area contributed by atoms with Gasteiger partial charge in [0, 0.05) is 32.1 Å². The van der Waals surface area contributed by atoms with Crippen molar-refractivity contribution < 1.29 is 47.9 Å². The summed E-state index contributed by atoms with van der Waals surface area (Å²) in [5.74, 6) is 0.293. The van der Waals surface area contributed by atoms with Crippen LogP contribution in [0.25, 0.3) is 22.5 Å². The average Bonchev–Trinajstić information content (AvgIpc) is 3.99. The fraction of sp³-hybridized carbons (Fsp3) is 0.514. The molecule has 2 aliphatic heterocycles. The highest BCUT2D eigenvalue weighted by Gasteiger charge is 2.50. The van der Waals surface area contributed by atoms with Crippen molar-refractivity contribution in [3.05, 3.63) is 80.9 Å². The predicted molar refractivity (Wildman–Crippen MR) is 197 cm³/mol. The lowest BCUT2D eigenvalue weighted by atomic mass is 9.98. The van der Waals surface area contributed by atoms with Crippen LogP contribution >= 0.6 is 11.6 Å². The zero-order valence-corrected chi connectivity index (χ0v) is 31.8. The Morgan fingerprint density at radius 3 is 2.41 bits per heavy atom. The summed E-state index contributed by atoms with van der Waals surface area (Å²) in [7, 11) is 0. The normalized spacial score (nSPS) is 19.3. The van der Waals surface area contributed by atoms with Crippen molar-refractivity contribution in [2.24, 2.45) is 0 Å². The van der Waals surface area contributed by atoms with Crippen LogP contribution in [0.15, 0.2) is 48.5 Å². The minimum absolute atomic E-state index is 0.0202. The van der Waals surface area contributed by atoms with E-state index in [1.807, 2.05) is 48.5 Å². The van der Waals surface area contributed by atoms with Crippen molar-refractivity contribution in [3.8, 4) is 22.5 Å². The molecule has 2 saturated heterocycles. The highest BCUT2D eigenvalue weighted by atomic mass is 35.5. The number of halogens is 1. The smallest absolute Gasteiger partial charge is 0.426 e.